The fourth-order valence-electron chi connectivity index (χ4n) is 0.922. The summed E-state index contributed by atoms with van der Waals surface area (Å²) in [4.78, 5) is 24.8. The van der Waals surface area contributed by atoms with E-state index in [9.17, 15) is 9.59 Å². The largest absolute Gasteiger partial charge is 0.426 e. The Hall–Kier alpha value is -1.97. The van der Waals surface area contributed by atoms with Gasteiger partial charge >= 0.3 is 5.97 Å². The molecule has 1 aromatic rings. The number of nitrogens with zero attached hydrogens (tertiary/aromatic N) is 1. The molecule has 1 heterocycles. The third kappa shape index (κ3) is 2.82. The van der Waals surface area contributed by atoms with E-state index in [4.69, 9.17) is 4.74 Å². The van der Waals surface area contributed by atoms with Gasteiger partial charge in [0, 0.05) is 31.0 Å². The molecule has 4 heteroatoms. The van der Waals surface area contributed by atoms with Gasteiger partial charge in [-0.1, -0.05) is 0 Å². The van der Waals surface area contributed by atoms with E-state index in [0.29, 0.717) is 11.8 Å². The monoisotopic (exact) mass is 191 g/mol. The Balaban J connectivity index is 2.95. The zero-order valence-corrected chi connectivity index (χ0v) is 7.64. The maximum absolute atomic E-state index is 10.7. The van der Waals surface area contributed by atoms with Crippen LogP contribution < -0.4 is 0 Å². The molecule has 0 fully saturated rings. The summed E-state index contributed by atoms with van der Waals surface area (Å²) in [5, 5.41) is 0. The quantitative estimate of drug-likeness (QED) is 0.311. The van der Waals surface area contributed by atoms with E-state index in [1.165, 1.54) is 13.0 Å². The summed E-state index contributed by atoms with van der Waals surface area (Å²) < 4.78 is 4.84. The molecular formula is C10H9NO3. The number of rotatable bonds is 3. The number of pyridine rings is 1. The van der Waals surface area contributed by atoms with Crippen LogP contribution in [0, 0.1) is 0 Å². The van der Waals surface area contributed by atoms with Crippen LogP contribution in [0.15, 0.2) is 30.6 Å². The lowest BCUT2D eigenvalue weighted by atomic mass is 10.2. The summed E-state index contributed by atoms with van der Waals surface area (Å²) in [6.45, 7) is 1.28. The molecule has 1 rings (SSSR count). The number of aldehydes is 1. The first-order valence-corrected chi connectivity index (χ1v) is 3.98. The molecule has 4 nitrogen and oxygen atoms in total. The Morgan fingerprint density at radius 2 is 2.07 bits per heavy atom. The lowest BCUT2D eigenvalue weighted by molar-refractivity contribution is -0.134. The molecule has 1 aromatic heterocycles. The number of ether oxygens (including phenoxy) is 1. The molecule has 0 spiro atoms. The van der Waals surface area contributed by atoms with Crippen LogP contribution in [0.2, 0.25) is 0 Å². The van der Waals surface area contributed by atoms with Crippen molar-refractivity contribution in [1.82, 2.24) is 4.98 Å². The van der Waals surface area contributed by atoms with E-state index in [1.807, 2.05) is 0 Å². The number of hydrogen-bond donors (Lipinski definition) is 0. The molecule has 14 heavy (non-hydrogen) atoms. The summed E-state index contributed by atoms with van der Waals surface area (Å²) in [7, 11) is 0. The van der Waals surface area contributed by atoms with E-state index < -0.39 is 5.97 Å². The molecule has 0 saturated carbocycles. The number of carbonyl (C=O) groups excluding carboxylic acids is 2. The highest BCUT2D eigenvalue weighted by Crippen LogP contribution is 2.13. The van der Waals surface area contributed by atoms with Gasteiger partial charge in [-0.2, -0.15) is 0 Å². The van der Waals surface area contributed by atoms with E-state index in [0.717, 1.165) is 0 Å². The molecule has 0 radical (unpaired) electrons. The Morgan fingerprint density at radius 1 is 1.43 bits per heavy atom. The van der Waals surface area contributed by atoms with Crippen LogP contribution in [-0.2, 0) is 14.3 Å². The zero-order chi connectivity index (χ0) is 10.4. The first-order chi connectivity index (χ1) is 6.74. The van der Waals surface area contributed by atoms with Crippen LogP contribution in [-0.4, -0.2) is 17.2 Å². The van der Waals surface area contributed by atoms with Crippen LogP contribution in [0.5, 0.6) is 0 Å². The van der Waals surface area contributed by atoms with Gasteiger partial charge < -0.3 is 4.74 Å². The molecular weight excluding hydrogens is 182 g/mol. The third-order valence-corrected chi connectivity index (χ3v) is 1.44. The van der Waals surface area contributed by atoms with Gasteiger partial charge in [0.25, 0.3) is 0 Å². The molecule has 0 unspecified atom stereocenters. The number of esters is 1. The summed E-state index contributed by atoms with van der Waals surface area (Å²) in [6, 6.07) is 3.30. The van der Waals surface area contributed by atoms with E-state index in [2.05, 4.69) is 4.98 Å². The normalized spacial score (nSPS) is 10.8. The fraction of sp³-hybridized carbons (Fsp3) is 0.100. The van der Waals surface area contributed by atoms with Crippen LogP contribution in [0.4, 0.5) is 0 Å². The standard InChI is InChI=1S/C10H9NO3/c1-8(13)14-10(4-7-12)9-2-5-11-6-3-9/h2-7H,1H3. The predicted octanol–water partition coefficient (Wildman–Crippen LogP) is 1.18. The molecule has 0 amide bonds. The van der Waals surface area contributed by atoms with Crippen LogP contribution >= 0.6 is 0 Å². The second kappa shape index (κ2) is 4.91. The summed E-state index contributed by atoms with van der Waals surface area (Å²) >= 11 is 0. The molecule has 72 valence electrons. The molecule has 0 aliphatic carbocycles. The summed E-state index contributed by atoms with van der Waals surface area (Å²) in [6.07, 6.45) is 4.87. The van der Waals surface area contributed by atoms with Gasteiger partial charge in [0.1, 0.15) is 12.0 Å². The molecule has 0 bridgehead atoms. The number of aromatic nitrogens is 1. The maximum atomic E-state index is 10.7. The molecule has 0 aromatic carbocycles. The van der Waals surface area contributed by atoms with Gasteiger partial charge in [0.2, 0.25) is 0 Å². The molecule has 0 saturated heterocycles. The first-order valence-electron chi connectivity index (χ1n) is 3.98. The Morgan fingerprint density at radius 3 is 2.57 bits per heavy atom. The van der Waals surface area contributed by atoms with Crippen molar-refractivity contribution in [3.8, 4) is 0 Å². The summed E-state index contributed by atoms with van der Waals surface area (Å²) in [5.74, 6) is -0.232. The van der Waals surface area contributed by atoms with E-state index in [-0.39, 0.29) is 5.76 Å². The number of hydrogen-bond acceptors (Lipinski definition) is 4. The minimum absolute atomic E-state index is 0.231. The number of allylic oxidation sites excluding steroid dienone is 1. The van der Waals surface area contributed by atoms with Crippen molar-refractivity contribution in [2.45, 2.75) is 6.92 Å². The van der Waals surface area contributed by atoms with Crippen molar-refractivity contribution in [1.29, 1.82) is 0 Å². The van der Waals surface area contributed by atoms with E-state index >= 15 is 0 Å². The van der Waals surface area contributed by atoms with Crippen molar-refractivity contribution in [2.75, 3.05) is 0 Å². The Labute approximate surface area is 81.2 Å². The van der Waals surface area contributed by atoms with Crippen molar-refractivity contribution in [2.24, 2.45) is 0 Å². The van der Waals surface area contributed by atoms with Gasteiger partial charge in [-0.15, -0.1) is 0 Å². The minimum atomic E-state index is -0.463. The van der Waals surface area contributed by atoms with Crippen molar-refractivity contribution in [3.05, 3.63) is 36.2 Å². The highest BCUT2D eigenvalue weighted by atomic mass is 16.5. The first kappa shape index (κ1) is 10.1. The second-order valence-corrected chi connectivity index (χ2v) is 2.50. The fourth-order valence-corrected chi connectivity index (χ4v) is 0.922. The average molecular weight is 191 g/mol. The minimum Gasteiger partial charge on any atom is -0.426 e. The highest BCUT2D eigenvalue weighted by Gasteiger charge is 2.04. The molecule has 0 atom stereocenters. The topological polar surface area (TPSA) is 56.3 Å². The van der Waals surface area contributed by atoms with Gasteiger partial charge in [-0.05, 0) is 12.1 Å². The second-order valence-electron chi connectivity index (χ2n) is 2.50. The average Bonchev–Trinajstić information content (AvgIpc) is 2.18. The Bertz CT molecular complexity index is 357. The smallest absolute Gasteiger partial charge is 0.308 e. The van der Waals surface area contributed by atoms with Crippen LogP contribution in [0.1, 0.15) is 12.5 Å². The summed E-state index contributed by atoms with van der Waals surface area (Å²) in [5.41, 5.74) is 0.641. The SMILES string of the molecule is CC(=O)OC(=CC=O)c1ccncc1. The van der Waals surface area contributed by atoms with Crippen molar-refractivity contribution >= 4 is 18.0 Å². The van der Waals surface area contributed by atoms with Gasteiger partial charge in [-0.3, -0.25) is 14.6 Å². The highest BCUT2D eigenvalue weighted by molar-refractivity contribution is 5.83. The molecule has 0 aliphatic heterocycles. The zero-order valence-electron chi connectivity index (χ0n) is 7.64. The van der Waals surface area contributed by atoms with E-state index in [1.54, 1.807) is 24.5 Å². The van der Waals surface area contributed by atoms with Gasteiger partial charge in [-0.25, -0.2) is 0 Å². The lowest BCUT2D eigenvalue weighted by Crippen LogP contribution is -1.98. The third-order valence-electron chi connectivity index (χ3n) is 1.44. The predicted molar refractivity (Wildman–Crippen MR) is 50.0 cm³/mol. The van der Waals surface area contributed by atoms with Crippen molar-refractivity contribution in [3.63, 3.8) is 0 Å². The van der Waals surface area contributed by atoms with Crippen LogP contribution in [0.25, 0.3) is 5.76 Å². The maximum Gasteiger partial charge on any atom is 0.308 e. The Kier molecular flexibility index (Phi) is 3.55. The van der Waals surface area contributed by atoms with Crippen molar-refractivity contribution < 1.29 is 14.3 Å². The molecule has 0 aliphatic rings. The van der Waals surface area contributed by atoms with Gasteiger partial charge in [0.15, 0.2) is 0 Å². The number of carbonyl (C=O) groups is 2. The van der Waals surface area contributed by atoms with Crippen LogP contribution in [0.3, 0.4) is 0 Å². The molecule has 0 N–H and O–H groups in total. The van der Waals surface area contributed by atoms with Gasteiger partial charge in [0.05, 0.1) is 0 Å². The lowest BCUT2D eigenvalue weighted by Gasteiger charge is -2.04.